The lowest BCUT2D eigenvalue weighted by molar-refractivity contribution is -0.117. The molecule has 3 aromatic rings. The van der Waals surface area contributed by atoms with Crippen molar-refractivity contribution in [1.82, 2.24) is 9.78 Å². The van der Waals surface area contributed by atoms with Gasteiger partial charge >= 0.3 is 0 Å². The van der Waals surface area contributed by atoms with Crippen LogP contribution in [0, 0.1) is 19.8 Å². The number of anilines is 1. The number of carbonyl (C=O) groups is 1. The molecule has 2 atom stereocenters. The van der Waals surface area contributed by atoms with Crippen molar-refractivity contribution in [3.63, 3.8) is 0 Å². The van der Waals surface area contributed by atoms with E-state index in [1.54, 1.807) is 6.07 Å². The van der Waals surface area contributed by atoms with Crippen molar-refractivity contribution in [2.45, 2.75) is 32.7 Å². The second-order valence-corrected chi connectivity index (χ2v) is 8.69. The highest BCUT2D eigenvalue weighted by Crippen LogP contribution is 2.48. The number of aryl methyl sites for hydroxylation is 1. The topological polar surface area (TPSA) is 46.9 Å². The van der Waals surface area contributed by atoms with Crippen molar-refractivity contribution in [3.8, 4) is 0 Å². The smallest absolute Gasteiger partial charge is 0.228 e. The van der Waals surface area contributed by atoms with Crippen molar-refractivity contribution in [2.75, 3.05) is 5.32 Å². The lowest BCUT2D eigenvalue weighted by Gasteiger charge is -2.08. The summed E-state index contributed by atoms with van der Waals surface area (Å²) >= 11 is 18.1. The Morgan fingerprint density at radius 1 is 1.10 bits per heavy atom. The Balaban J connectivity index is 1.46. The molecule has 150 valence electrons. The Morgan fingerprint density at radius 2 is 1.83 bits per heavy atom. The Hall–Kier alpha value is -2.01. The van der Waals surface area contributed by atoms with E-state index in [2.05, 4.69) is 10.4 Å². The Labute approximate surface area is 184 Å². The number of aromatic nitrogens is 2. The summed E-state index contributed by atoms with van der Waals surface area (Å²) in [6, 6.07) is 13.2. The van der Waals surface area contributed by atoms with Crippen molar-refractivity contribution in [2.24, 2.45) is 5.92 Å². The molecule has 29 heavy (non-hydrogen) atoms. The van der Waals surface area contributed by atoms with Crippen LogP contribution in [0.1, 0.15) is 34.9 Å². The van der Waals surface area contributed by atoms with Crippen LogP contribution in [0.5, 0.6) is 0 Å². The Kier molecular flexibility index (Phi) is 5.60. The lowest BCUT2D eigenvalue weighted by Crippen LogP contribution is -2.16. The van der Waals surface area contributed by atoms with Gasteiger partial charge in [0.2, 0.25) is 5.91 Å². The first-order chi connectivity index (χ1) is 13.8. The van der Waals surface area contributed by atoms with Crippen LogP contribution in [0.4, 0.5) is 5.69 Å². The average molecular weight is 449 g/mol. The molecule has 0 aliphatic heterocycles. The number of hydrogen-bond acceptors (Lipinski definition) is 2. The van der Waals surface area contributed by atoms with Gasteiger partial charge in [0.25, 0.3) is 0 Å². The van der Waals surface area contributed by atoms with Crippen LogP contribution in [0.15, 0.2) is 42.5 Å². The van der Waals surface area contributed by atoms with Crippen LogP contribution >= 0.6 is 34.8 Å². The third kappa shape index (κ3) is 4.30. The molecule has 1 saturated carbocycles. The van der Waals surface area contributed by atoms with Gasteiger partial charge in [0.1, 0.15) is 0 Å². The molecular weight excluding hydrogens is 429 g/mol. The number of hydrogen-bond donors (Lipinski definition) is 1. The van der Waals surface area contributed by atoms with Gasteiger partial charge in [-0.15, -0.1) is 0 Å². The van der Waals surface area contributed by atoms with E-state index >= 15 is 0 Å². The molecule has 7 heteroatoms. The van der Waals surface area contributed by atoms with Gasteiger partial charge in [0, 0.05) is 10.9 Å². The van der Waals surface area contributed by atoms with E-state index in [-0.39, 0.29) is 17.7 Å². The average Bonchev–Trinajstić information content (AvgIpc) is 3.44. The second kappa shape index (κ2) is 8.02. The summed E-state index contributed by atoms with van der Waals surface area (Å²) in [4.78, 5) is 12.8. The molecule has 4 rings (SSSR count). The highest BCUT2D eigenvalue weighted by Gasteiger charge is 2.44. The number of nitrogens with one attached hydrogen (secondary N) is 1. The monoisotopic (exact) mass is 447 g/mol. The van der Waals surface area contributed by atoms with E-state index in [4.69, 9.17) is 34.8 Å². The fourth-order valence-corrected chi connectivity index (χ4v) is 4.07. The maximum atomic E-state index is 12.8. The van der Waals surface area contributed by atoms with Crippen LogP contribution in [0.25, 0.3) is 0 Å². The number of rotatable bonds is 5. The molecule has 0 radical (unpaired) electrons. The van der Waals surface area contributed by atoms with Crippen molar-refractivity contribution >= 4 is 46.4 Å². The van der Waals surface area contributed by atoms with Crippen molar-refractivity contribution in [1.29, 1.82) is 0 Å². The van der Waals surface area contributed by atoms with E-state index in [0.717, 1.165) is 34.6 Å². The fraction of sp³-hybridized carbons (Fsp3) is 0.273. The number of halogens is 3. The summed E-state index contributed by atoms with van der Waals surface area (Å²) in [6.45, 7) is 4.41. The molecule has 0 saturated heterocycles. The summed E-state index contributed by atoms with van der Waals surface area (Å²) < 4.78 is 1.87. The van der Waals surface area contributed by atoms with Crippen LogP contribution in [-0.4, -0.2) is 15.7 Å². The summed E-state index contributed by atoms with van der Waals surface area (Å²) in [5.74, 6) is 0.262. The minimum absolute atomic E-state index is 0.0200. The zero-order chi connectivity index (χ0) is 20.7. The molecule has 1 aromatic heterocycles. The van der Waals surface area contributed by atoms with Gasteiger partial charge in [-0.3, -0.25) is 9.48 Å². The van der Waals surface area contributed by atoms with Gasteiger partial charge < -0.3 is 5.32 Å². The first-order valence-electron chi connectivity index (χ1n) is 9.37. The van der Waals surface area contributed by atoms with E-state index in [0.29, 0.717) is 21.6 Å². The molecular formula is C22H20Cl3N3O. The van der Waals surface area contributed by atoms with Crippen LogP contribution < -0.4 is 5.32 Å². The van der Waals surface area contributed by atoms with Gasteiger partial charge in [-0.05, 0) is 61.6 Å². The zero-order valence-corrected chi connectivity index (χ0v) is 18.3. The van der Waals surface area contributed by atoms with Crippen molar-refractivity contribution < 1.29 is 4.79 Å². The van der Waals surface area contributed by atoms with Crippen LogP contribution in [0.3, 0.4) is 0 Å². The van der Waals surface area contributed by atoms with E-state index < -0.39 is 0 Å². The molecule has 4 nitrogen and oxygen atoms in total. The minimum Gasteiger partial charge on any atom is -0.323 e. The molecule has 2 aromatic carbocycles. The minimum atomic E-state index is -0.0200. The molecule has 0 bridgehead atoms. The Bertz CT molecular complexity index is 1080. The van der Waals surface area contributed by atoms with Crippen LogP contribution in [-0.2, 0) is 11.3 Å². The SMILES string of the molecule is Cc1nn(Cc2ccc(Cl)c(Cl)c2)c(C)c1NC(=O)C1CC1c1ccc(Cl)cc1. The standard InChI is InChI=1S/C22H20Cl3N3O/c1-12-21(13(2)28(27-12)11-14-3-8-19(24)20(25)9-14)26-22(29)18-10-17(18)15-4-6-16(23)7-5-15/h3-9,17-18H,10-11H2,1-2H3,(H,26,29). The molecule has 1 heterocycles. The first kappa shape index (κ1) is 20.3. The number of amides is 1. The third-order valence-electron chi connectivity index (χ3n) is 5.37. The van der Waals surface area contributed by atoms with Crippen LogP contribution in [0.2, 0.25) is 15.1 Å². The lowest BCUT2D eigenvalue weighted by atomic mass is 10.1. The number of carbonyl (C=O) groups excluding carboxylic acids is 1. The summed E-state index contributed by atoms with van der Waals surface area (Å²) in [6.07, 6.45) is 0.850. The molecule has 0 spiro atoms. The Morgan fingerprint density at radius 3 is 2.52 bits per heavy atom. The predicted molar refractivity (Wildman–Crippen MR) is 118 cm³/mol. The number of benzene rings is 2. The van der Waals surface area contributed by atoms with Gasteiger partial charge in [0.05, 0.1) is 33.7 Å². The normalized spacial score (nSPS) is 18.0. The molecule has 1 aliphatic carbocycles. The van der Waals surface area contributed by atoms with Gasteiger partial charge in [-0.1, -0.05) is 53.0 Å². The maximum Gasteiger partial charge on any atom is 0.228 e. The zero-order valence-electron chi connectivity index (χ0n) is 16.0. The molecule has 1 N–H and O–H groups in total. The highest BCUT2D eigenvalue weighted by molar-refractivity contribution is 6.42. The molecule has 1 fully saturated rings. The predicted octanol–water partition coefficient (Wildman–Crippen LogP) is 6.25. The molecule has 1 amide bonds. The van der Waals surface area contributed by atoms with E-state index in [1.165, 1.54) is 0 Å². The fourth-order valence-electron chi connectivity index (χ4n) is 3.62. The highest BCUT2D eigenvalue weighted by atomic mass is 35.5. The van der Waals surface area contributed by atoms with Gasteiger partial charge in [-0.2, -0.15) is 5.10 Å². The summed E-state index contributed by atoms with van der Waals surface area (Å²) in [5, 5.41) is 9.42. The van der Waals surface area contributed by atoms with E-state index in [1.807, 2.05) is 54.9 Å². The van der Waals surface area contributed by atoms with Gasteiger partial charge in [0.15, 0.2) is 0 Å². The quantitative estimate of drug-likeness (QED) is 0.501. The summed E-state index contributed by atoms with van der Waals surface area (Å²) in [5.41, 5.74) is 4.62. The van der Waals surface area contributed by atoms with Crippen molar-refractivity contribution in [3.05, 3.63) is 80.0 Å². The molecule has 2 unspecified atom stereocenters. The van der Waals surface area contributed by atoms with E-state index in [9.17, 15) is 4.79 Å². The number of nitrogens with zero attached hydrogens (tertiary/aromatic N) is 2. The molecule has 1 aliphatic rings. The third-order valence-corrected chi connectivity index (χ3v) is 6.36. The second-order valence-electron chi connectivity index (χ2n) is 7.44. The first-order valence-corrected chi connectivity index (χ1v) is 10.5. The largest absolute Gasteiger partial charge is 0.323 e. The van der Waals surface area contributed by atoms with Gasteiger partial charge in [-0.25, -0.2) is 0 Å². The summed E-state index contributed by atoms with van der Waals surface area (Å²) in [7, 11) is 0. The maximum absolute atomic E-state index is 12.8.